The van der Waals surface area contributed by atoms with E-state index < -0.39 is 24.3 Å². The molecule has 10 heteroatoms. The lowest BCUT2D eigenvalue weighted by Gasteiger charge is -2.36. The van der Waals surface area contributed by atoms with E-state index in [0.717, 1.165) is 38.6 Å². The molecule has 9 nitrogen and oxygen atoms in total. The highest BCUT2D eigenvalue weighted by molar-refractivity contribution is 7.99. The smallest absolute Gasteiger partial charge is 0.328 e. The van der Waals surface area contributed by atoms with Crippen molar-refractivity contribution < 1.29 is 28.9 Å². The van der Waals surface area contributed by atoms with Crippen LogP contribution in [0.15, 0.2) is 108 Å². The number of amides is 2. The van der Waals surface area contributed by atoms with Crippen molar-refractivity contribution in [1.82, 2.24) is 15.6 Å². The van der Waals surface area contributed by atoms with E-state index in [-0.39, 0.29) is 25.4 Å². The van der Waals surface area contributed by atoms with E-state index in [2.05, 4.69) is 15.6 Å². The predicted molar refractivity (Wildman–Crippen MR) is 171 cm³/mol. The number of aromatic nitrogens is 1. The third kappa shape index (κ3) is 9.39. The maximum absolute atomic E-state index is 12.7. The van der Waals surface area contributed by atoms with Gasteiger partial charge >= 0.3 is 12.0 Å². The van der Waals surface area contributed by atoms with Crippen LogP contribution in [-0.2, 0) is 38.6 Å². The van der Waals surface area contributed by atoms with Gasteiger partial charge in [-0.25, -0.2) is 14.6 Å². The second-order valence-electron chi connectivity index (χ2n) is 10.7. The van der Waals surface area contributed by atoms with Crippen molar-refractivity contribution in [3.05, 3.63) is 131 Å². The average molecular weight is 628 g/mol. The van der Waals surface area contributed by atoms with Crippen molar-refractivity contribution in [2.75, 3.05) is 12.9 Å². The van der Waals surface area contributed by atoms with Crippen LogP contribution in [0.2, 0.25) is 0 Å². The van der Waals surface area contributed by atoms with Crippen LogP contribution in [0.3, 0.4) is 0 Å². The Hall–Kier alpha value is -4.22. The lowest BCUT2D eigenvalue weighted by Crippen LogP contribution is -2.47. The van der Waals surface area contributed by atoms with E-state index in [1.54, 1.807) is 18.0 Å². The van der Waals surface area contributed by atoms with Gasteiger partial charge in [0.25, 0.3) is 0 Å². The Morgan fingerprint density at radius 3 is 2.31 bits per heavy atom. The molecule has 0 radical (unpaired) electrons. The summed E-state index contributed by atoms with van der Waals surface area (Å²) in [7, 11) is 1.30. The third-order valence-electron chi connectivity index (χ3n) is 7.45. The first kappa shape index (κ1) is 32.2. The highest BCUT2D eigenvalue weighted by atomic mass is 32.2. The van der Waals surface area contributed by atoms with Crippen LogP contribution in [0.25, 0.3) is 0 Å². The van der Waals surface area contributed by atoms with Gasteiger partial charge in [-0.3, -0.25) is 0 Å². The van der Waals surface area contributed by atoms with Crippen LogP contribution in [0.4, 0.5) is 4.79 Å². The summed E-state index contributed by atoms with van der Waals surface area (Å²) in [5.41, 5.74) is 4.53. The molecule has 4 atom stereocenters. The molecule has 0 spiro atoms. The van der Waals surface area contributed by atoms with Crippen molar-refractivity contribution in [2.45, 2.75) is 55.6 Å². The lowest BCUT2D eigenvalue weighted by atomic mass is 10.0. The van der Waals surface area contributed by atoms with Crippen molar-refractivity contribution in [2.24, 2.45) is 0 Å². The number of thioether (sulfide) groups is 1. The van der Waals surface area contributed by atoms with E-state index in [1.165, 1.54) is 7.11 Å². The van der Waals surface area contributed by atoms with Gasteiger partial charge in [0.2, 0.25) is 0 Å². The maximum Gasteiger partial charge on any atom is 0.328 e. The van der Waals surface area contributed by atoms with E-state index in [9.17, 15) is 14.7 Å². The van der Waals surface area contributed by atoms with Crippen LogP contribution in [0, 0.1) is 0 Å². The molecule has 1 aromatic heterocycles. The Morgan fingerprint density at radius 2 is 1.62 bits per heavy atom. The molecule has 4 aromatic rings. The fraction of sp³-hybridized carbons (Fsp3) is 0.286. The van der Waals surface area contributed by atoms with E-state index in [0.29, 0.717) is 12.8 Å². The van der Waals surface area contributed by atoms with Gasteiger partial charge < -0.3 is 30.0 Å². The van der Waals surface area contributed by atoms with Gasteiger partial charge in [0, 0.05) is 36.9 Å². The molecule has 2 amide bonds. The van der Waals surface area contributed by atoms with Crippen LogP contribution < -0.4 is 10.6 Å². The molecule has 3 N–H and O–H groups in total. The van der Waals surface area contributed by atoms with Crippen molar-refractivity contribution in [3.63, 3.8) is 0 Å². The number of aliphatic hydroxyl groups is 1. The SMILES string of the molecule is COC(=O)[C@H](Cc1ccccc1)NC(=O)NCc1ccc([C@H]2O[C@@H](CSc3ccccn3)C[C@@H](c3ccc(CO)cc3)O2)cc1. The molecular formula is C35H37N3O6S. The highest BCUT2D eigenvalue weighted by Crippen LogP contribution is 2.39. The first-order chi connectivity index (χ1) is 22.0. The fourth-order valence-corrected chi connectivity index (χ4v) is 5.88. The molecule has 0 bridgehead atoms. The number of nitrogens with zero attached hydrogens (tertiary/aromatic N) is 1. The maximum atomic E-state index is 12.7. The number of esters is 1. The molecule has 1 aliphatic heterocycles. The Balaban J connectivity index is 1.21. The molecule has 0 saturated carbocycles. The van der Waals surface area contributed by atoms with Crippen LogP contribution in [0.1, 0.15) is 46.6 Å². The quantitative estimate of drug-likeness (QED) is 0.139. The number of ether oxygens (including phenoxy) is 3. The second kappa shape index (κ2) is 16.2. The largest absolute Gasteiger partial charge is 0.467 e. The molecule has 3 aromatic carbocycles. The number of hydrogen-bond donors (Lipinski definition) is 3. The summed E-state index contributed by atoms with van der Waals surface area (Å²) in [4.78, 5) is 29.4. The third-order valence-corrected chi connectivity index (χ3v) is 8.52. The average Bonchev–Trinajstić information content (AvgIpc) is 3.10. The molecule has 234 valence electrons. The van der Waals surface area contributed by atoms with Gasteiger partial charge in [-0.2, -0.15) is 0 Å². The number of carbonyl (C=O) groups is 2. The number of methoxy groups -OCH3 is 1. The number of nitrogens with one attached hydrogen (secondary N) is 2. The highest BCUT2D eigenvalue weighted by Gasteiger charge is 2.32. The number of carbonyl (C=O) groups excluding carboxylic acids is 2. The zero-order valence-corrected chi connectivity index (χ0v) is 25.8. The summed E-state index contributed by atoms with van der Waals surface area (Å²) in [5, 5.41) is 15.9. The minimum Gasteiger partial charge on any atom is -0.467 e. The number of urea groups is 1. The summed E-state index contributed by atoms with van der Waals surface area (Å²) in [5.74, 6) is 0.209. The molecule has 2 heterocycles. The van der Waals surface area contributed by atoms with E-state index in [1.807, 2.05) is 97.1 Å². The van der Waals surface area contributed by atoms with Crippen LogP contribution >= 0.6 is 11.8 Å². The van der Waals surface area contributed by atoms with Gasteiger partial charge in [0.15, 0.2) is 6.29 Å². The lowest BCUT2D eigenvalue weighted by molar-refractivity contribution is -0.245. The summed E-state index contributed by atoms with van der Waals surface area (Å²) in [6.07, 6.45) is 1.94. The van der Waals surface area contributed by atoms with E-state index in [4.69, 9.17) is 14.2 Å². The van der Waals surface area contributed by atoms with Gasteiger partial charge in [-0.15, -0.1) is 11.8 Å². The molecule has 1 saturated heterocycles. The Labute approximate surface area is 267 Å². The Bertz CT molecular complexity index is 1510. The number of pyridine rings is 1. The monoisotopic (exact) mass is 627 g/mol. The van der Waals surface area contributed by atoms with Crippen LogP contribution in [0.5, 0.6) is 0 Å². The normalized spacial score (nSPS) is 18.5. The number of hydrogen-bond acceptors (Lipinski definition) is 8. The van der Waals surface area contributed by atoms with Crippen molar-refractivity contribution in [3.8, 4) is 0 Å². The van der Waals surface area contributed by atoms with Gasteiger partial charge in [-0.1, -0.05) is 84.9 Å². The van der Waals surface area contributed by atoms with E-state index >= 15 is 0 Å². The Morgan fingerprint density at radius 1 is 0.911 bits per heavy atom. The summed E-state index contributed by atoms with van der Waals surface area (Å²) in [6.45, 7) is 0.254. The molecule has 0 unspecified atom stereocenters. The topological polar surface area (TPSA) is 119 Å². The number of benzene rings is 3. The van der Waals surface area contributed by atoms with Crippen LogP contribution in [-0.4, -0.2) is 47.1 Å². The molecular weight excluding hydrogens is 590 g/mol. The van der Waals surface area contributed by atoms with Crippen molar-refractivity contribution in [1.29, 1.82) is 0 Å². The van der Waals surface area contributed by atoms with Gasteiger partial charge in [0.1, 0.15) is 6.04 Å². The second-order valence-corrected chi connectivity index (χ2v) is 11.7. The molecule has 0 aliphatic carbocycles. The zero-order chi connectivity index (χ0) is 31.4. The van der Waals surface area contributed by atoms with Gasteiger partial charge in [0.05, 0.1) is 31.0 Å². The fourth-order valence-electron chi connectivity index (χ4n) is 5.00. The number of aliphatic hydroxyl groups excluding tert-OH is 1. The Kier molecular flexibility index (Phi) is 11.6. The molecule has 5 rings (SSSR count). The first-order valence-electron chi connectivity index (χ1n) is 14.8. The predicted octanol–water partition coefficient (Wildman–Crippen LogP) is 5.50. The zero-order valence-electron chi connectivity index (χ0n) is 25.0. The summed E-state index contributed by atoms with van der Waals surface area (Å²) in [6, 6.07) is 29.5. The minimum atomic E-state index is -0.808. The van der Waals surface area contributed by atoms with Crippen molar-refractivity contribution >= 4 is 23.8 Å². The summed E-state index contributed by atoms with van der Waals surface area (Å²) >= 11 is 1.65. The molecule has 1 aliphatic rings. The molecule has 45 heavy (non-hydrogen) atoms. The van der Waals surface area contributed by atoms with Gasteiger partial charge in [-0.05, 0) is 34.4 Å². The minimum absolute atomic E-state index is 0.0106. The molecule has 1 fully saturated rings. The standard InChI is InChI=1S/C35H37N3O6S/c1-42-33(40)30(19-24-7-3-2-4-8-24)38-35(41)37-21-25-10-16-28(17-11-25)34-43-29(23-45-32-9-5-6-18-36-32)20-31(44-34)27-14-12-26(22-39)13-15-27/h2-18,29-31,34,39H,19-23H2,1H3,(H2,37,38,41)/t29-,30+,31+,34+/m1/s1. The summed E-state index contributed by atoms with van der Waals surface area (Å²) < 4.78 is 17.8. The number of rotatable bonds is 12. The first-order valence-corrected chi connectivity index (χ1v) is 15.8.